The van der Waals surface area contributed by atoms with Gasteiger partial charge in [0.05, 0.1) is 5.25 Å². The third-order valence-electron chi connectivity index (χ3n) is 6.62. The normalized spacial score (nSPS) is 17.5. The van der Waals surface area contributed by atoms with Crippen LogP contribution in [0, 0.1) is 0 Å². The van der Waals surface area contributed by atoms with E-state index in [1.165, 1.54) is 12.8 Å². The summed E-state index contributed by atoms with van der Waals surface area (Å²) in [7, 11) is 0. The minimum atomic E-state index is -0.699. The molecule has 2 aromatic rings. The lowest BCUT2D eigenvalue weighted by Crippen LogP contribution is -2.32. The van der Waals surface area contributed by atoms with Gasteiger partial charge < -0.3 is 14.7 Å². The van der Waals surface area contributed by atoms with Crippen LogP contribution in [-0.2, 0) is 9.59 Å². The number of carboxylic acid groups (broad SMARTS) is 1. The van der Waals surface area contributed by atoms with Gasteiger partial charge in [0.2, 0.25) is 5.91 Å². The summed E-state index contributed by atoms with van der Waals surface area (Å²) in [4.78, 5) is 26.0. The van der Waals surface area contributed by atoms with Crippen molar-refractivity contribution < 1.29 is 19.4 Å². The number of carbonyl (C=O) groups is 2. The molecule has 5 nitrogen and oxygen atoms in total. The highest BCUT2D eigenvalue weighted by atomic mass is 32.2. The number of rotatable bonds is 17. The van der Waals surface area contributed by atoms with Gasteiger partial charge in [0, 0.05) is 13.0 Å². The Bertz CT molecular complexity index is 936. The van der Waals surface area contributed by atoms with Gasteiger partial charge in [-0.25, -0.2) is 0 Å². The Balaban J connectivity index is 1.52. The van der Waals surface area contributed by atoms with Crippen LogP contribution >= 0.6 is 11.8 Å². The molecular formula is C30H41NO4S. The summed E-state index contributed by atoms with van der Waals surface area (Å²) < 4.78 is 6.06. The van der Waals surface area contributed by atoms with Crippen molar-refractivity contribution in [2.75, 3.05) is 6.54 Å². The number of ether oxygens (including phenoxy) is 1. The summed E-state index contributed by atoms with van der Waals surface area (Å²) in [6.07, 6.45) is 11.9. The lowest BCUT2D eigenvalue weighted by molar-refractivity contribution is -0.137. The van der Waals surface area contributed by atoms with E-state index in [9.17, 15) is 9.59 Å². The van der Waals surface area contributed by atoms with E-state index in [0.717, 1.165) is 81.4 Å². The second kappa shape index (κ2) is 15.6. The Labute approximate surface area is 220 Å². The van der Waals surface area contributed by atoms with E-state index in [4.69, 9.17) is 9.84 Å². The average molecular weight is 512 g/mol. The second-order valence-electron chi connectivity index (χ2n) is 9.61. The number of nitrogens with zero attached hydrogens (tertiary/aromatic N) is 1. The topological polar surface area (TPSA) is 66.8 Å². The molecule has 2 atom stereocenters. The molecule has 0 aromatic heterocycles. The van der Waals surface area contributed by atoms with Crippen LogP contribution in [0.3, 0.4) is 0 Å². The third kappa shape index (κ3) is 9.20. The van der Waals surface area contributed by atoms with Crippen molar-refractivity contribution in [3.05, 3.63) is 60.2 Å². The van der Waals surface area contributed by atoms with Crippen molar-refractivity contribution in [2.45, 2.75) is 94.6 Å². The molecule has 0 bridgehead atoms. The molecule has 1 amide bonds. The highest BCUT2D eigenvalue weighted by Crippen LogP contribution is 2.45. The molecule has 36 heavy (non-hydrogen) atoms. The van der Waals surface area contributed by atoms with Crippen LogP contribution < -0.4 is 4.74 Å². The van der Waals surface area contributed by atoms with Crippen molar-refractivity contribution in [1.82, 2.24) is 4.90 Å². The van der Waals surface area contributed by atoms with Crippen LogP contribution in [0.15, 0.2) is 54.6 Å². The Morgan fingerprint density at radius 3 is 2.25 bits per heavy atom. The van der Waals surface area contributed by atoms with Crippen LogP contribution in [0.2, 0.25) is 0 Å². The number of para-hydroxylation sites is 1. The molecule has 196 valence electrons. The minimum Gasteiger partial charge on any atom is -0.481 e. The summed E-state index contributed by atoms with van der Waals surface area (Å²) in [5, 5.41) is 8.79. The van der Waals surface area contributed by atoms with E-state index in [2.05, 4.69) is 24.0 Å². The second-order valence-corrected chi connectivity index (χ2v) is 10.9. The van der Waals surface area contributed by atoms with Crippen molar-refractivity contribution in [2.24, 2.45) is 0 Å². The Morgan fingerprint density at radius 1 is 0.889 bits per heavy atom. The molecule has 1 aliphatic rings. The molecule has 0 spiro atoms. The summed E-state index contributed by atoms with van der Waals surface area (Å²) in [5.41, 5.74) is 1.13. The van der Waals surface area contributed by atoms with Gasteiger partial charge in [0.25, 0.3) is 0 Å². The molecule has 1 aliphatic heterocycles. The van der Waals surface area contributed by atoms with Crippen LogP contribution in [0.4, 0.5) is 0 Å². The zero-order valence-electron chi connectivity index (χ0n) is 21.6. The molecule has 3 rings (SSSR count). The molecular weight excluding hydrogens is 470 g/mol. The maximum atomic E-state index is 13.3. The monoisotopic (exact) mass is 511 g/mol. The Morgan fingerprint density at radius 2 is 1.56 bits per heavy atom. The third-order valence-corrected chi connectivity index (χ3v) is 8.17. The van der Waals surface area contributed by atoms with Crippen molar-refractivity contribution >= 4 is 23.6 Å². The Kier molecular flexibility index (Phi) is 12.2. The van der Waals surface area contributed by atoms with Gasteiger partial charge in [0.15, 0.2) is 0 Å². The first-order valence-corrected chi connectivity index (χ1v) is 14.5. The van der Waals surface area contributed by atoms with Gasteiger partial charge in [-0.05, 0) is 49.1 Å². The van der Waals surface area contributed by atoms with E-state index in [1.807, 2.05) is 42.5 Å². The predicted octanol–water partition coefficient (Wildman–Crippen LogP) is 8.21. The molecule has 0 saturated carbocycles. The molecule has 1 heterocycles. The van der Waals surface area contributed by atoms with Crippen LogP contribution in [0.25, 0.3) is 0 Å². The van der Waals surface area contributed by atoms with E-state index in [1.54, 1.807) is 11.8 Å². The summed E-state index contributed by atoms with van der Waals surface area (Å²) in [6, 6.07) is 18.0. The molecule has 2 unspecified atom stereocenters. The number of thioether (sulfide) groups is 1. The predicted molar refractivity (Wildman–Crippen MR) is 148 cm³/mol. The zero-order valence-corrected chi connectivity index (χ0v) is 22.4. The van der Waals surface area contributed by atoms with Crippen molar-refractivity contribution in [1.29, 1.82) is 0 Å². The van der Waals surface area contributed by atoms with Crippen LogP contribution in [-0.4, -0.2) is 33.7 Å². The lowest BCUT2D eigenvalue weighted by Gasteiger charge is -2.24. The quantitative estimate of drug-likeness (QED) is 0.217. The Hall–Kier alpha value is -2.47. The lowest BCUT2D eigenvalue weighted by atomic mass is 10.1. The fourth-order valence-corrected chi connectivity index (χ4v) is 6.16. The molecule has 2 aromatic carbocycles. The van der Waals surface area contributed by atoms with Crippen LogP contribution in [0.1, 0.15) is 94.9 Å². The molecule has 0 aliphatic carbocycles. The van der Waals surface area contributed by atoms with Gasteiger partial charge in [-0.3, -0.25) is 9.59 Å². The highest BCUT2D eigenvalue weighted by Gasteiger charge is 2.40. The first-order valence-electron chi connectivity index (χ1n) is 13.6. The average Bonchev–Trinajstić information content (AvgIpc) is 3.19. The fraction of sp³-hybridized carbons (Fsp3) is 0.533. The number of benzene rings is 2. The number of carboxylic acids is 1. The van der Waals surface area contributed by atoms with Crippen molar-refractivity contribution in [3.8, 4) is 11.5 Å². The van der Waals surface area contributed by atoms with Gasteiger partial charge in [-0.1, -0.05) is 88.6 Å². The fourth-order valence-electron chi connectivity index (χ4n) is 4.63. The molecule has 0 radical (unpaired) electrons. The minimum absolute atomic E-state index is 0.0351. The summed E-state index contributed by atoms with van der Waals surface area (Å²) in [6.45, 7) is 2.97. The summed E-state index contributed by atoms with van der Waals surface area (Å²) >= 11 is 1.80. The molecule has 6 heteroatoms. The first kappa shape index (κ1) is 28.1. The highest BCUT2D eigenvalue weighted by molar-refractivity contribution is 8.01. The van der Waals surface area contributed by atoms with Gasteiger partial charge in [0.1, 0.15) is 16.9 Å². The zero-order chi connectivity index (χ0) is 25.6. The van der Waals surface area contributed by atoms with E-state index < -0.39 is 5.97 Å². The van der Waals surface area contributed by atoms with Crippen LogP contribution in [0.5, 0.6) is 11.5 Å². The number of aliphatic carboxylic acids is 1. The number of unbranched alkanes of at least 4 members (excludes halogenated alkanes) is 8. The molecule has 1 N–H and O–H groups in total. The number of hydrogen-bond donors (Lipinski definition) is 1. The molecule has 1 saturated heterocycles. The first-order chi connectivity index (χ1) is 17.6. The van der Waals surface area contributed by atoms with Gasteiger partial charge >= 0.3 is 5.97 Å². The maximum absolute atomic E-state index is 13.3. The molecule has 1 fully saturated rings. The van der Waals surface area contributed by atoms with E-state index in [0.29, 0.717) is 0 Å². The standard InChI is InChI=1S/C30H41NO4S/c1-2-3-20-27-29(34)31(22-14-9-7-5-4-6-8-13-21-28(32)33)30(36-27)24-16-15-19-26(23-24)35-25-17-11-10-12-18-25/h10-12,15-19,23,27,30H,2-9,13-14,20-22H2,1H3,(H,32,33). The maximum Gasteiger partial charge on any atom is 0.303 e. The summed E-state index contributed by atoms with van der Waals surface area (Å²) in [5.74, 6) is 1.19. The van der Waals surface area contributed by atoms with Gasteiger partial charge in [-0.2, -0.15) is 0 Å². The number of amides is 1. The van der Waals surface area contributed by atoms with Gasteiger partial charge in [-0.15, -0.1) is 11.8 Å². The van der Waals surface area contributed by atoms with E-state index >= 15 is 0 Å². The largest absolute Gasteiger partial charge is 0.481 e. The van der Waals surface area contributed by atoms with E-state index in [-0.39, 0.29) is 23.0 Å². The number of hydrogen-bond acceptors (Lipinski definition) is 4. The number of carbonyl (C=O) groups excluding carboxylic acids is 1. The SMILES string of the molecule is CCCCC1SC(c2cccc(Oc3ccccc3)c2)N(CCCCCCCCCCC(=O)O)C1=O. The smallest absolute Gasteiger partial charge is 0.303 e. The van der Waals surface area contributed by atoms with Crippen molar-refractivity contribution in [3.63, 3.8) is 0 Å².